The topological polar surface area (TPSA) is 129 Å². The van der Waals surface area contributed by atoms with Crippen LogP contribution in [0.15, 0.2) is 42.9 Å². The number of rotatable bonds is 9. The lowest BCUT2D eigenvalue weighted by Gasteiger charge is -2.28. The molecule has 0 radical (unpaired) electrons. The molecule has 0 amide bonds. The average molecular weight is 585 g/mol. The van der Waals surface area contributed by atoms with Crippen LogP contribution in [0.1, 0.15) is 0 Å². The standard InChI is InChI=1S/C26H26Cl2N8O4/c1-37-17-13-18(38-2)21(28)22(20(17)27)34-23-15(5-4-8-29-23)24-30-14-31-26(35-24)32-16-6-7-19(33-25(16)39-3)36-9-11-40-12-10-36/h4-8,13-14H,9-12H2,1-3H3,(H,29,34)(H,30,31,32,35). The van der Waals surface area contributed by atoms with Crippen LogP contribution < -0.4 is 29.7 Å². The van der Waals surface area contributed by atoms with E-state index in [0.29, 0.717) is 59.2 Å². The molecule has 1 aromatic carbocycles. The Morgan fingerprint density at radius 3 is 2.33 bits per heavy atom. The molecule has 0 saturated carbocycles. The molecule has 0 bridgehead atoms. The lowest BCUT2D eigenvalue weighted by molar-refractivity contribution is 0.122. The Morgan fingerprint density at radius 1 is 0.875 bits per heavy atom. The van der Waals surface area contributed by atoms with E-state index >= 15 is 0 Å². The highest BCUT2D eigenvalue weighted by molar-refractivity contribution is 6.41. The number of methoxy groups -OCH3 is 3. The molecule has 1 fully saturated rings. The zero-order valence-electron chi connectivity index (χ0n) is 21.9. The number of nitrogens with zero attached hydrogens (tertiary/aromatic N) is 6. The van der Waals surface area contributed by atoms with E-state index in [1.165, 1.54) is 20.5 Å². The average Bonchev–Trinajstić information content (AvgIpc) is 3.00. The van der Waals surface area contributed by atoms with E-state index in [0.717, 1.165) is 18.9 Å². The van der Waals surface area contributed by atoms with Crippen molar-refractivity contribution in [3.05, 3.63) is 52.9 Å². The fourth-order valence-electron chi connectivity index (χ4n) is 4.06. The molecule has 0 aliphatic carbocycles. The van der Waals surface area contributed by atoms with E-state index < -0.39 is 0 Å². The third-order valence-electron chi connectivity index (χ3n) is 6.06. The first-order valence-electron chi connectivity index (χ1n) is 12.2. The van der Waals surface area contributed by atoms with E-state index in [-0.39, 0.29) is 16.0 Å². The van der Waals surface area contributed by atoms with Crippen molar-refractivity contribution in [1.29, 1.82) is 0 Å². The van der Waals surface area contributed by atoms with E-state index in [1.807, 2.05) is 18.2 Å². The molecule has 208 valence electrons. The van der Waals surface area contributed by atoms with Gasteiger partial charge in [0.2, 0.25) is 11.8 Å². The molecule has 1 aliphatic heterocycles. The van der Waals surface area contributed by atoms with Gasteiger partial charge in [0.05, 0.1) is 45.8 Å². The minimum absolute atomic E-state index is 0.267. The van der Waals surface area contributed by atoms with Gasteiger partial charge in [-0.2, -0.15) is 9.97 Å². The second kappa shape index (κ2) is 12.4. The van der Waals surface area contributed by atoms with Gasteiger partial charge in [0, 0.05) is 25.4 Å². The van der Waals surface area contributed by atoms with Crippen LogP contribution >= 0.6 is 23.2 Å². The molecule has 0 unspecified atom stereocenters. The summed E-state index contributed by atoms with van der Waals surface area (Å²) in [6, 6.07) is 8.97. The van der Waals surface area contributed by atoms with Gasteiger partial charge in [-0.1, -0.05) is 23.2 Å². The fraction of sp³-hybridized carbons (Fsp3) is 0.269. The Hall–Kier alpha value is -4.13. The molecule has 1 aliphatic rings. The smallest absolute Gasteiger partial charge is 0.239 e. The van der Waals surface area contributed by atoms with E-state index in [9.17, 15) is 0 Å². The van der Waals surface area contributed by atoms with Crippen LogP contribution in [0.4, 0.5) is 29.0 Å². The van der Waals surface area contributed by atoms with Crippen LogP contribution in [-0.2, 0) is 4.74 Å². The van der Waals surface area contributed by atoms with Gasteiger partial charge in [0.25, 0.3) is 0 Å². The predicted molar refractivity (Wildman–Crippen MR) is 153 cm³/mol. The summed E-state index contributed by atoms with van der Waals surface area (Å²) in [5, 5.41) is 6.89. The Kier molecular flexibility index (Phi) is 8.48. The van der Waals surface area contributed by atoms with Crippen molar-refractivity contribution in [2.75, 3.05) is 63.2 Å². The van der Waals surface area contributed by atoms with Crippen molar-refractivity contribution in [1.82, 2.24) is 24.9 Å². The van der Waals surface area contributed by atoms with Gasteiger partial charge >= 0.3 is 0 Å². The van der Waals surface area contributed by atoms with Gasteiger partial charge < -0.3 is 34.5 Å². The summed E-state index contributed by atoms with van der Waals surface area (Å²) in [7, 11) is 4.57. The Morgan fingerprint density at radius 2 is 1.62 bits per heavy atom. The number of hydrogen-bond acceptors (Lipinski definition) is 12. The van der Waals surface area contributed by atoms with E-state index in [1.54, 1.807) is 25.4 Å². The predicted octanol–water partition coefficient (Wildman–Crippen LogP) is 4.99. The van der Waals surface area contributed by atoms with Crippen LogP contribution in [0.3, 0.4) is 0 Å². The summed E-state index contributed by atoms with van der Waals surface area (Å²) in [5.41, 5.74) is 1.54. The summed E-state index contributed by atoms with van der Waals surface area (Å²) in [6.45, 7) is 2.85. The Balaban J connectivity index is 1.44. The van der Waals surface area contributed by atoms with E-state index in [4.69, 9.17) is 42.1 Å². The van der Waals surface area contributed by atoms with E-state index in [2.05, 4.69) is 40.5 Å². The van der Waals surface area contributed by atoms with Crippen molar-refractivity contribution in [2.45, 2.75) is 0 Å². The first-order valence-corrected chi connectivity index (χ1v) is 12.9. The number of pyridine rings is 2. The fourth-order valence-corrected chi connectivity index (χ4v) is 4.65. The minimum atomic E-state index is 0.267. The molecular weight excluding hydrogens is 559 g/mol. The maximum Gasteiger partial charge on any atom is 0.239 e. The van der Waals surface area contributed by atoms with Crippen LogP contribution in [0, 0.1) is 0 Å². The van der Waals surface area contributed by atoms with Gasteiger partial charge in [0.1, 0.15) is 45.2 Å². The Labute approximate surface area is 240 Å². The van der Waals surface area contributed by atoms with Gasteiger partial charge in [-0.25, -0.2) is 15.0 Å². The number of hydrogen-bond donors (Lipinski definition) is 2. The molecular formula is C26H26Cl2N8O4. The van der Waals surface area contributed by atoms with Crippen molar-refractivity contribution in [3.63, 3.8) is 0 Å². The zero-order valence-corrected chi connectivity index (χ0v) is 23.5. The third kappa shape index (κ3) is 5.74. The lowest BCUT2D eigenvalue weighted by Crippen LogP contribution is -2.36. The summed E-state index contributed by atoms with van der Waals surface area (Å²) in [6.07, 6.45) is 3.02. The highest BCUT2D eigenvalue weighted by Gasteiger charge is 2.20. The van der Waals surface area contributed by atoms with Crippen LogP contribution in [-0.4, -0.2) is 72.6 Å². The number of halogens is 2. The summed E-state index contributed by atoms with van der Waals surface area (Å²) >= 11 is 13.1. The SMILES string of the molecule is COc1cc(OC)c(Cl)c(Nc2ncccc2-c2ncnc(Nc3ccc(N4CCOCC4)nc3OC)n2)c1Cl. The molecule has 5 rings (SSSR count). The highest BCUT2D eigenvalue weighted by atomic mass is 35.5. The maximum absolute atomic E-state index is 6.56. The van der Waals surface area contributed by atoms with Crippen LogP contribution in [0.5, 0.6) is 17.4 Å². The molecule has 40 heavy (non-hydrogen) atoms. The molecule has 14 heteroatoms. The number of morpholine rings is 1. The summed E-state index contributed by atoms with van der Waals surface area (Å²) < 4.78 is 21.7. The molecule has 3 aromatic heterocycles. The number of nitrogens with one attached hydrogen (secondary N) is 2. The lowest BCUT2D eigenvalue weighted by atomic mass is 10.2. The molecule has 12 nitrogen and oxygen atoms in total. The molecule has 2 N–H and O–H groups in total. The van der Waals surface area contributed by atoms with Crippen LogP contribution in [0.2, 0.25) is 10.0 Å². The van der Waals surface area contributed by atoms with Crippen molar-refractivity contribution < 1.29 is 18.9 Å². The second-order valence-electron chi connectivity index (χ2n) is 8.39. The third-order valence-corrected chi connectivity index (χ3v) is 6.81. The molecule has 4 aromatic rings. The maximum atomic E-state index is 6.56. The Bertz CT molecular complexity index is 1480. The monoisotopic (exact) mass is 584 g/mol. The molecule has 4 heterocycles. The number of aromatic nitrogens is 5. The van der Waals surface area contributed by atoms with Crippen molar-refractivity contribution in [3.8, 4) is 28.8 Å². The minimum Gasteiger partial charge on any atom is -0.495 e. The first kappa shape index (κ1) is 27.4. The molecule has 0 spiro atoms. The van der Waals surface area contributed by atoms with Crippen molar-refractivity contribution >= 4 is 52.2 Å². The van der Waals surface area contributed by atoms with Gasteiger partial charge in [-0.3, -0.25) is 0 Å². The number of benzene rings is 1. The number of ether oxygens (including phenoxy) is 4. The molecule has 0 atom stereocenters. The quantitative estimate of drug-likeness (QED) is 0.275. The zero-order chi connectivity index (χ0) is 28.1. The first-order chi connectivity index (χ1) is 19.5. The number of anilines is 5. The van der Waals surface area contributed by atoms with Gasteiger partial charge in [-0.05, 0) is 24.3 Å². The largest absolute Gasteiger partial charge is 0.495 e. The highest BCUT2D eigenvalue weighted by Crippen LogP contribution is 2.45. The summed E-state index contributed by atoms with van der Waals surface area (Å²) in [4.78, 5) is 24.5. The normalized spacial score (nSPS) is 13.1. The summed E-state index contributed by atoms with van der Waals surface area (Å²) in [5.74, 6) is 3.04. The van der Waals surface area contributed by atoms with Gasteiger partial charge in [-0.15, -0.1) is 0 Å². The second-order valence-corrected chi connectivity index (χ2v) is 9.15. The molecule has 1 saturated heterocycles. The van der Waals surface area contributed by atoms with Crippen molar-refractivity contribution in [2.24, 2.45) is 0 Å². The van der Waals surface area contributed by atoms with Crippen LogP contribution in [0.25, 0.3) is 11.4 Å². The van der Waals surface area contributed by atoms with Gasteiger partial charge in [0.15, 0.2) is 5.82 Å².